The van der Waals surface area contributed by atoms with E-state index in [1.54, 1.807) is 11.8 Å². The molecule has 3 aromatic carbocycles. The third-order valence-corrected chi connectivity index (χ3v) is 8.70. The molecule has 3 aromatic rings. The van der Waals surface area contributed by atoms with E-state index in [1.165, 1.54) is 17.3 Å². The first-order valence-electron chi connectivity index (χ1n) is 10.9. The number of fused-ring (bicyclic) bond motifs is 1. The maximum absolute atomic E-state index is 13.7. The summed E-state index contributed by atoms with van der Waals surface area (Å²) < 4.78 is 0.993. The number of hydrogen-bond donors (Lipinski definition) is 0. The van der Waals surface area contributed by atoms with Gasteiger partial charge in [-0.05, 0) is 73.1 Å². The van der Waals surface area contributed by atoms with Crippen molar-refractivity contribution in [3.8, 4) is 0 Å². The van der Waals surface area contributed by atoms with Gasteiger partial charge in [0, 0.05) is 27.5 Å². The molecule has 2 aliphatic rings. The van der Waals surface area contributed by atoms with Crippen molar-refractivity contribution in [1.29, 1.82) is 0 Å². The summed E-state index contributed by atoms with van der Waals surface area (Å²) in [6, 6.07) is 23.9. The zero-order valence-electron chi connectivity index (χ0n) is 18.4. The molecule has 172 valence electrons. The molecule has 5 rings (SSSR count). The van der Waals surface area contributed by atoms with Crippen LogP contribution >= 0.6 is 51.1 Å². The first-order chi connectivity index (χ1) is 16.5. The average molecular weight is 571 g/mol. The molecule has 0 bridgehead atoms. The Morgan fingerprint density at radius 2 is 1.74 bits per heavy atom. The van der Waals surface area contributed by atoms with Crippen LogP contribution in [0.1, 0.15) is 12.5 Å². The van der Waals surface area contributed by atoms with Crippen LogP contribution < -0.4 is 4.90 Å². The number of halogens is 2. The third kappa shape index (κ3) is 4.80. The molecule has 0 aliphatic carbocycles. The predicted molar refractivity (Wildman–Crippen MR) is 148 cm³/mol. The van der Waals surface area contributed by atoms with Gasteiger partial charge in [0.05, 0.1) is 11.4 Å². The number of hydrogen-bond acceptors (Lipinski definition) is 5. The monoisotopic (exact) mass is 569 g/mol. The van der Waals surface area contributed by atoms with Gasteiger partial charge in [0.25, 0.3) is 5.91 Å². The van der Waals surface area contributed by atoms with Gasteiger partial charge >= 0.3 is 0 Å². The minimum absolute atomic E-state index is 0.00311. The van der Waals surface area contributed by atoms with Crippen LogP contribution in [-0.4, -0.2) is 29.1 Å². The van der Waals surface area contributed by atoms with Gasteiger partial charge in [-0.25, -0.2) is 4.99 Å². The van der Waals surface area contributed by atoms with E-state index in [2.05, 4.69) is 39.9 Å². The highest BCUT2D eigenvalue weighted by Crippen LogP contribution is 2.51. The fourth-order valence-electron chi connectivity index (χ4n) is 3.87. The van der Waals surface area contributed by atoms with E-state index in [1.807, 2.05) is 65.6 Å². The largest absolute Gasteiger partial charge is 0.334 e. The number of benzene rings is 3. The average Bonchev–Trinajstić information content (AvgIpc) is 3.36. The van der Waals surface area contributed by atoms with Crippen molar-refractivity contribution in [2.75, 3.05) is 18.0 Å². The first-order valence-corrected chi connectivity index (χ1v) is 13.7. The lowest BCUT2D eigenvalue weighted by Gasteiger charge is -2.19. The van der Waals surface area contributed by atoms with Gasteiger partial charge in [-0.3, -0.25) is 9.69 Å². The van der Waals surface area contributed by atoms with E-state index in [9.17, 15) is 4.79 Å². The molecule has 4 nitrogen and oxygen atoms in total. The molecule has 0 radical (unpaired) electrons. The molecule has 0 saturated carbocycles. The van der Waals surface area contributed by atoms with E-state index in [-0.39, 0.29) is 5.91 Å². The van der Waals surface area contributed by atoms with Crippen LogP contribution in [0.4, 0.5) is 11.4 Å². The highest BCUT2D eigenvalue weighted by atomic mass is 79.9. The summed E-state index contributed by atoms with van der Waals surface area (Å²) >= 11 is 12.8. The zero-order chi connectivity index (χ0) is 23.7. The van der Waals surface area contributed by atoms with Gasteiger partial charge in [0.2, 0.25) is 0 Å². The van der Waals surface area contributed by atoms with Gasteiger partial charge in [-0.15, -0.1) is 0 Å². The Kier molecular flexibility index (Phi) is 7.06. The van der Waals surface area contributed by atoms with E-state index in [0.29, 0.717) is 21.6 Å². The Hall–Kier alpha value is -2.19. The summed E-state index contributed by atoms with van der Waals surface area (Å²) in [6.45, 7) is 3.40. The lowest BCUT2D eigenvalue weighted by molar-refractivity contribution is -0.122. The molecule has 0 unspecified atom stereocenters. The van der Waals surface area contributed by atoms with Gasteiger partial charge in [-0.2, -0.15) is 0 Å². The van der Waals surface area contributed by atoms with E-state index < -0.39 is 0 Å². The van der Waals surface area contributed by atoms with Crippen LogP contribution in [0.15, 0.2) is 97.1 Å². The Morgan fingerprint density at radius 1 is 0.971 bits per heavy atom. The van der Waals surface area contributed by atoms with Crippen molar-refractivity contribution >= 4 is 73.5 Å². The fourth-order valence-corrected chi connectivity index (χ4v) is 6.70. The zero-order valence-corrected chi connectivity index (χ0v) is 22.3. The van der Waals surface area contributed by atoms with Crippen molar-refractivity contribution in [2.45, 2.75) is 18.2 Å². The maximum atomic E-state index is 13.7. The van der Waals surface area contributed by atoms with Crippen LogP contribution in [0.25, 0.3) is 0 Å². The molecule has 2 heterocycles. The van der Waals surface area contributed by atoms with Crippen LogP contribution in [0.3, 0.4) is 0 Å². The molecule has 8 heteroatoms. The molecular formula is C26H21BrClN3OS2. The van der Waals surface area contributed by atoms with Crippen molar-refractivity contribution in [1.82, 2.24) is 4.90 Å². The Labute approximate surface area is 221 Å². The molecular weight excluding hydrogens is 550 g/mol. The number of carbonyl (C=O) groups excluding carboxylic acids is 1. The fraction of sp³-hybridized carbons (Fsp3) is 0.154. The molecule has 0 N–H and O–H groups in total. The standard InChI is InChI=1S/C26H21BrClN3OS2/c1-2-30-21-16-19(28)10-13-22(21)33-25(30)23-24(32)31(15-14-17-6-4-3-5-7-17)26(34-23)29-20-11-8-18(27)9-12-20/h3-13,16H,2,14-15H2,1H3. The molecule has 2 aliphatic heterocycles. The molecule has 0 spiro atoms. The van der Waals surface area contributed by atoms with Crippen molar-refractivity contribution < 1.29 is 4.79 Å². The Morgan fingerprint density at radius 3 is 2.47 bits per heavy atom. The number of amidine groups is 1. The summed E-state index contributed by atoms with van der Waals surface area (Å²) in [6.07, 6.45) is 0.760. The molecule has 0 aromatic heterocycles. The van der Waals surface area contributed by atoms with E-state index in [0.717, 1.165) is 38.7 Å². The number of rotatable bonds is 5. The van der Waals surface area contributed by atoms with Gasteiger partial charge in [-0.1, -0.05) is 69.6 Å². The molecule has 1 amide bonds. The Balaban J connectivity index is 1.52. The van der Waals surface area contributed by atoms with Crippen molar-refractivity contribution in [3.63, 3.8) is 0 Å². The second-order valence-corrected chi connectivity index (χ2v) is 11.1. The van der Waals surface area contributed by atoms with Crippen molar-refractivity contribution in [3.05, 3.63) is 97.8 Å². The summed E-state index contributed by atoms with van der Waals surface area (Å²) in [5.74, 6) is -0.00311. The minimum Gasteiger partial charge on any atom is -0.334 e. The number of thioether (sulfide) groups is 2. The van der Waals surface area contributed by atoms with Crippen LogP contribution in [0, 0.1) is 0 Å². The molecule has 1 fully saturated rings. The minimum atomic E-state index is -0.00311. The third-order valence-electron chi connectivity index (χ3n) is 5.56. The summed E-state index contributed by atoms with van der Waals surface area (Å²) in [5, 5.41) is 2.34. The van der Waals surface area contributed by atoms with E-state index >= 15 is 0 Å². The van der Waals surface area contributed by atoms with Gasteiger partial charge in [0.15, 0.2) is 5.17 Å². The Bertz CT molecular complexity index is 1300. The maximum Gasteiger partial charge on any atom is 0.269 e. The second-order valence-electron chi connectivity index (χ2n) is 7.76. The predicted octanol–water partition coefficient (Wildman–Crippen LogP) is 7.71. The lowest BCUT2D eigenvalue weighted by atomic mass is 10.1. The lowest BCUT2D eigenvalue weighted by Crippen LogP contribution is -2.32. The number of nitrogens with zero attached hydrogens (tertiary/aromatic N) is 3. The summed E-state index contributed by atoms with van der Waals surface area (Å²) in [4.78, 5) is 24.4. The highest BCUT2D eigenvalue weighted by molar-refractivity contribution is 9.10. The van der Waals surface area contributed by atoms with Crippen LogP contribution in [-0.2, 0) is 11.2 Å². The number of anilines is 1. The normalized spacial score (nSPS) is 18.8. The molecule has 0 atom stereocenters. The van der Waals surface area contributed by atoms with E-state index in [4.69, 9.17) is 16.6 Å². The number of carbonyl (C=O) groups is 1. The first kappa shape index (κ1) is 23.5. The second kappa shape index (κ2) is 10.2. The summed E-state index contributed by atoms with van der Waals surface area (Å²) in [5.41, 5.74) is 3.05. The van der Waals surface area contributed by atoms with Crippen LogP contribution in [0.2, 0.25) is 5.02 Å². The summed E-state index contributed by atoms with van der Waals surface area (Å²) in [7, 11) is 0. The topological polar surface area (TPSA) is 35.9 Å². The smallest absolute Gasteiger partial charge is 0.269 e. The molecule has 1 saturated heterocycles. The van der Waals surface area contributed by atoms with Gasteiger partial charge in [0.1, 0.15) is 9.93 Å². The van der Waals surface area contributed by atoms with Gasteiger partial charge < -0.3 is 4.90 Å². The quantitative estimate of drug-likeness (QED) is 0.294. The van der Waals surface area contributed by atoms with Crippen LogP contribution in [0.5, 0.6) is 0 Å². The number of amides is 1. The molecule has 34 heavy (non-hydrogen) atoms. The highest BCUT2D eigenvalue weighted by Gasteiger charge is 2.39. The SMILES string of the molecule is CCN1C(=C2SC(=Nc3ccc(Br)cc3)N(CCc3ccccc3)C2=O)Sc2ccc(Cl)cc21. The number of aliphatic imine (C=N–C) groups is 1. The van der Waals surface area contributed by atoms with Crippen molar-refractivity contribution in [2.24, 2.45) is 4.99 Å².